The number of imidazole rings is 1. The average Bonchev–Trinajstić information content (AvgIpc) is 3.67. The van der Waals surface area contributed by atoms with Crippen LogP contribution in [-0.4, -0.2) is 58.0 Å². The minimum Gasteiger partial charge on any atom is -0.458 e. The van der Waals surface area contributed by atoms with Crippen LogP contribution in [0, 0.1) is 18.4 Å². The predicted octanol–water partition coefficient (Wildman–Crippen LogP) is 9.14. The Kier molecular flexibility index (Phi) is 14.3. The highest BCUT2D eigenvalue weighted by atomic mass is 28.4. The third-order valence-corrected chi connectivity index (χ3v) is 14.7. The molecule has 2 aromatic heterocycles. The van der Waals surface area contributed by atoms with E-state index in [1.807, 2.05) is 6.07 Å². The Morgan fingerprint density at radius 1 is 1.04 bits per heavy atom. The van der Waals surface area contributed by atoms with Crippen LogP contribution in [0.15, 0.2) is 36.7 Å². The van der Waals surface area contributed by atoms with Gasteiger partial charge in [0, 0.05) is 12.8 Å². The summed E-state index contributed by atoms with van der Waals surface area (Å²) >= 11 is 0. The molecule has 1 aromatic carbocycles. The molecule has 3 atom stereocenters. The van der Waals surface area contributed by atoms with E-state index >= 15 is 0 Å². The molecular weight excluding hydrogens is 666 g/mol. The van der Waals surface area contributed by atoms with E-state index in [9.17, 15) is 14.0 Å². The number of esters is 1. The lowest BCUT2D eigenvalue weighted by atomic mass is 9.99. The molecule has 3 aromatic rings. The highest BCUT2D eigenvalue weighted by Crippen LogP contribution is 2.45. The number of hydrogen-bond acceptors (Lipinski definition) is 8. The number of hydrogen-bond donors (Lipinski definition) is 1. The maximum atomic E-state index is 14.9. The molecule has 1 aliphatic heterocycles. The maximum absolute atomic E-state index is 14.9. The van der Waals surface area contributed by atoms with Crippen LogP contribution in [0.3, 0.4) is 0 Å². The molecular formula is C39H56FN5O5Si. The van der Waals surface area contributed by atoms with E-state index in [-0.39, 0.29) is 41.0 Å². The zero-order chi connectivity index (χ0) is 37.1. The van der Waals surface area contributed by atoms with Gasteiger partial charge >= 0.3 is 12.0 Å². The van der Waals surface area contributed by atoms with Crippen LogP contribution < -0.4 is 5.32 Å². The molecule has 1 amide bonds. The molecule has 10 nitrogen and oxygen atoms in total. The zero-order valence-corrected chi connectivity index (χ0v) is 32.3. The Bertz CT molecular complexity index is 1640. The van der Waals surface area contributed by atoms with Gasteiger partial charge in [-0.2, -0.15) is 14.4 Å². The number of amides is 1. The first-order chi connectivity index (χ1) is 24.3. The summed E-state index contributed by atoms with van der Waals surface area (Å²) in [5.41, 5.74) is -0.703. The van der Waals surface area contributed by atoms with Crippen molar-refractivity contribution in [2.45, 2.75) is 147 Å². The van der Waals surface area contributed by atoms with Crippen LogP contribution in [0.5, 0.6) is 0 Å². The first-order valence-electron chi connectivity index (χ1n) is 18.6. The van der Waals surface area contributed by atoms with Gasteiger partial charge in [0.2, 0.25) is 5.91 Å². The average molecular weight is 722 g/mol. The summed E-state index contributed by atoms with van der Waals surface area (Å²) in [6, 6.07) is 8.63. The number of rotatable bonds is 19. The van der Waals surface area contributed by atoms with Crippen molar-refractivity contribution in [2.75, 3.05) is 11.9 Å². The summed E-state index contributed by atoms with van der Waals surface area (Å²) in [6.07, 6.45) is 18.7. The summed E-state index contributed by atoms with van der Waals surface area (Å²) in [4.78, 5) is 38.2. The van der Waals surface area contributed by atoms with Gasteiger partial charge in [0.05, 0.1) is 18.0 Å². The number of fused-ring (bicyclic) bond motifs is 1. The summed E-state index contributed by atoms with van der Waals surface area (Å²) < 4.78 is 35.5. The third kappa shape index (κ3) is 10.7. The van der Waals surface area contributed by atoms with E-state index in [4.69, 9.17) is 20.3 Å². The van der Waals surface area contributed by atoms with Gasteiger partial charge in [0.1, 0.15) is 12.8 Å². The van der Waals surface area contributed by atoms with E-state index in [0.717, 1.165) is 19.3 Å². The van der Waals surface area contributed by atoms with Crippen molar-refractivity contribution in [3.05, 3.63) is 48.3 Å². The van der Waals surface area contributed by atoms with Gasteiger partial charge < -0.3 is 19.2 Å². The van der Waals surface area contributed by atoms with Crippen LogP contribution in [0.2, 0.25) is 18.1 Å². The van der Waals surface area contributed by atoms with Crippen molar-refractivity contribution >= 4 is 37.2 Å². The molecule has 12 heteroatoms. The molecule has 1 fully saturated rings. The van der Waals surface area contributed by atoms with Crippen LogP contribution >= 0.6 is 0 Å². The molecule has 3 heterocycles. The molecule has 51 heavy (non-hydrogen) atoms. The lowest BCUT2D eigenvalue weighted by molar-refractivity contribution is -0.116. The number of nitrogens with one attached hydrogen (secondary N) is 1. The summed E-state index contributed by atoms with van der Waals surface area (Å²) in [6.45, 7) is 12.6. The van der Waals surface area contributed by atoms with Gasteiger partial charge in [-0.25, -0.2) is 9.78 Å². The van der Waals surface area contributed by atoms with Gasteiger partial charge in [-0.1, -0.05) is 116 Å². The number of ether oxygens (including phenoxy) is 2. The Labute approximate surface area is 303 Å². The smallest absolute Gasteiger partial charge is 0.338 e. The first-order valence-corrected chi connectivity index (χ1v) is 21.5. The fourth-order valence-corrected chi connectivity index (χ4v) is 7.40. The van der Waals surface area contributed by atoms with Crippen molar-refractivity contribution in [1.82, 2.24) is 19.5 Å². The van der Waals surface area contributed by atoms with Crippen LogP contribution in [0.1, 0.15) is 128 Å². The molecule has 4 rings (SSSR count). The number of benzene rings is 1. The summed E-state index contributed by atoms with van der Waals surface area (Å²) in [5.74, 6) is 1.94. The highest BCUT2D eigenvalue weighted by molar-refractivity contribution is 6.74. The van der Waals surface area contributed by atoms with E-state index in [1.54, 1.807) is 28.8 Å². The zero-order valence-electron chi connectivity index (χ0n) is 31.3. The largest absolute Gasteiger partial charge is 0.458 e. The van der Waals surface area contributed by atoms with Crippen molar-refractivity contribution in [3.8, 4) is 12.3 Å². The minimum absolute atomic E-state index is 0.00334. The fraction of sp³-hybridized carbons (Fsp3) is 0.615. The van der Waals surface area contributed by atoms with E-state index < -0.39 is 38.3 Å². The SMILES string of the molecule is C#C[C@]1(COC(=O)c2ccccc2)O[C@@H](n2cnc3c(NC(=O)CCCCCCCCCCCCC)nc(F)nc32)CC1O[Si](C)(C)C(C)(C)C. The predicted molar refractivity (Wildman–Crippen MR) is 200 cm³/mol. The van der Waals surface area contributed by atoms with Gasteiger partial charge in [-0.05, 0) is 36.7 Å². The lowest BCUT2D eigenvalue weighted by Gasteiger charge is -2.41. The Hall–Kier alpha value is -3.66. The second kappa shape index (κ2) is 18.2. The number of carbonyl (C=O) groups excluding carboxylic acids is 2. The molecule has 0 radical (unpaired) electrons. The van der Waals surface area contributed by atoms with Crippen molar-refractivity contribution in [3.63, 3.8) is 0 Å². The third-order valence-electron chi connectivity index (χ3n) is 10.2. The molecule has 1 N–H and O–H groups in total. The van der Waals surface area contributed by atoms with Crippen LogP contribution in [0.25, 0.3) is 11.2 Å². The standard InChI is InChI=1S/C39H56FN5O5Si/c1-8-10-11-12-13-14-15-16-17-18-22-25-31(46)42-34-33-35(44-37(40)43-34)45(28-41-33)32-26-30(50-51(6,7)38(3,4)5)39(9-2,49-32)27-48-36(47)29-23-20-19-21-24-29/h2,19-21,23-24,28,30,32H,8,10-18,22,25-27H2,1,3-7H3,(H,42,43,44,46)/t30?,32-,39-/m1/s1. The molecule has 0 saturated carbocycles. The number of halogens is 1. The number of anilines is 1. The highest BCUT2D eigenvalue weighted by Gasteiger charge is 2.54. The number of aromatic nitrogens is 4. The summed E-state index contributed by atoms with van der Waals surface area (Å²) in [7, 11) is -2.40. The monoisotopic (exact) mass is 721 g/mol. The second-order valence-electron chi connectivity index (χ2n) is 15.1. The topological polar surface area (TPSA) is 117 Å². The lowest BCUT2D eigenvalue weighted by Crippen LogP contribution is -2.52. The van der Waals surface area contributed by atoms with Gasteiger partial charge in [0.25, 0.3) is 0 Å². The molecule has 0 bridgehead atoms. The maximum Gasteiger partial charge on any atom is 0.338 e. The Morgan fingerprint density at radius 2 is 1.67 bits per heavy atom. The number of terminal acetylenes is 1. The van der Waals surface area contributed by atoms with E-state index in [1.165, 1.54) is 57.7 Å². The molecule has 1 aliphatic rings. The molecule has 0 aliphatic carbocycles. The number of unbranched alkanes of at least 4 members (excludes halogenated alkanes) is 10. The number of carbonyl (C=O) groups is 2. The van der Waals surface area contributed by atoms with E-state index in [0.29, 0.717) is 12.0 Å². The van der Waals surface area contributed by atoms with Gasteiger partial charge in [-0.3, -0.25) is 9.36 Å². The van der Waals surface area contributed by atoms with E-state index in [2.05, 4.69) is 67.0 Å². The Morgan fingerprint density at radius 3 is 2.27 bits per heavy atom. The van der Waals surface area contributed by atoms with Crippen molar-refractivity contribution < 1.29 is 27.9 Å². The number of nitrogens with zero attached hydrogens (tertiary/aromatic N) is 4. The molecule has 1 unspecified atom stereocenters. The second-order valence-corrected chi connectivity index (χ2v) is 19.9. The summed E-state index contributed by atoms with van der Waals surface area (Å²) in [5, 5.41) is 2.59. The molecule has 278 valence electrons. The fourth-order valence-electron chi connectivity index (χ4n) is 6.04. The van der Waals surface area contributed by atoms with Crippen molar-refractivity contribution in [1.29, 1.82) is 0 Å². The van der Waals surface area contributed by atoms with Crippen LogP contribution in [0.4, 0.5) is 10.2 Å². The van der Waals surface area contributed by atoms with Crippen molar-refractivity contribution in [2.24, 2.45) is 0 Å². The normalized spacial score (nSPS) is 19.3. The molecule has 0 spiro atoms. The van der Waals surface area contributed by atoms with Gasteiger partial charge in [0.15, 0.2) is 30.9 Å². The minimum atomic E-state index is -2.40. The molecule has 1 saturated heterocycles. The Balaban J connectivity index is 1.44. The van der Waals surface area contributed by atoms with Gasteiger partial charge in [-0.15, -0.1) is 6.42 Å². The quantitative estimate of drug-likeness (QED) is 0.0428. The first kappa shape index (κ1) is 40.1. The van der Waals surface area contributed by atoms with Crippen LogP contribution in [-0.2, 0) is 18.7 Å².